The molecule has 1 N–H and O–H groups in total. The first-order valence-corrected chi connectivity index (χ1v) is 6.66. The fourth-order valence-corrected chi connectivity index (χ4v) is 2.47. The standard InChI is InChI=1S/C13H25NO/c1-2-3-4-7-13(8-9-15-11-13)10-14-12-5-6-12/h12,14H,2-11H2,1H3. The summed E-state index contributed by atoms with van der Waals surface area (Å²) < 4.78 is 5.60. The van der Waals surface area contributed by atoms with Gasteiger partial charge in [-0.15, -0.1) is 0 Å². The molecule has 0 amide bonds. The molecule has 2 aliphatic rings. The third-order valence-electron chi connectivity index (χ3n) is 3.84. The molecule has 15 heavy (non-hydrogen) atoms. The van der Waals surface area contributed by atoms with Crippen LogP contribution in [0.3, 0.4) is 0 Å². The molecule has 88 valence electrons. The van der Waals surface area contributed by atoms with Crippen LogP contribution in [0, 0.1) is 5.41 Å². The van der Waals surface area contributed by atoms with E-state index in [1.807, 2.05) is 0 Å². The minimum absolute atomic E-state index is 0.484. The van der Waals surface area contributed by atoms with Gasteiger partial charge in [-0.2, -0.15) is 0 Å². The second kappa shape index (κ2) is 5.31. The number of rotatable bonds is 7. The van der Waals surface area contributed by atoms with Gasteiger partial charge in [-0.25, -0.2) is 0 Å². The van der Waals surface area contributed by atoms with Crippen LogP contribution in [0.2, 0.25) is 0 Å². The van der Waals surface area contributed by atoms with E-state index in [4.69, 9.17) is 4.74 Å². The Balaban J connectivity index is 1.73. The first-order chi connectivity index (χ1) is 7.35. The van der Waals surface area contributed by atoms with Crippen LogP contribution in [-0.4, -0.2) is 25.8 Å². The Labute approximate surface area is 93.8 Å². The van der Waals surface area contributed by atoms with Crippen molar-refractivity contribution in [3.8, 4) is 0 Å². The van der Waals surface area contributed by atoms with Gasteiger partial charge in [-0.05, 0) is 25.7 Å². The van der Waals surface area contributed by atoms with E-state index in [1.54, 1.807) is 0 Å². The molecule has 1 saturated carbocycles. The maximum atomic E-state index is 5.60. The SMILES string of the molecule is CCCCCC1(CNC2CC2)CCOC1. The van der Waals surface area contributed by atoms with Crippen molar-refractivity contribution in [3.05, 3.63) is 0 Å². The highest BCUT2D eigenvalue weighted by Gasteiger charge is 2.35. The minimum Gasteiger partial charge on any atom is -0.381 e. The van der Waals surface area contributed by atoms with Crippen molar-refractivity contribution in [3.63, 3.8) is 0 Å². The van der Waals surface area contributed by atoms with Crippen molar-refractivity contribution in [2.75, 3.05) is 19.8 Å². The van der Waals surface area contributed by atoms with Crippen LogP contribution in [-0.2, 0) is 4.74 Å². The topological polar surface area (TPSA) is 21.3 Å². The molecule has 1 atom stereocenters. The van der Waals surface area contributed by atoms with Crippen LogP contribution < -0.4 is 5.32 Å². The smallest absolute Gasteiger partial charge is 0.0535 e. The van der Waals surface area contributed by atoms with Crippen molar-refractivity contribution in [2.24, 2.45) is 5.41 Å². The van der Waals surface area contributed by atoms with Gasteiger partial charge in [0, 0.05) is 24.6 Å². The Bertz CT molecular complexity index is 183. The Kier molecular flexibility index (Phi) is 4.04. The second-order valence-corrected chi connectivity index (χ2v) is 5.41. The molecule has 0 aromatic heterocycles. The summed E-state index contributed by atoms with van der Waals surface area (Å²) in [6, 6.07) is 0.841. The van der Waals surface area contributed by atoms with E-state index < -0.39 is 0 Å². The van der Waals surface area contributed by atoms with Gasteiger partial charge in [0.25, 0.3) is 0 Å². The zero-order valence-electron chi connectivity index (χ0n) is 10.1. The van der Waals surface area contributed by atoms with Crippen LogP contribution in [0.25, 0.3) is 0 Å². The van der Waals surface area contributed by atoms with E-state index in [-0.39, 0.29) is 0 Å². The number of ether oxygens (including phenoxy) is 1. The third kappa shape index (κ3) is 3.46. The van der Waals surface area contributed by atoms with Gasteiger partial charge in [0.15, 0.2) is 0 Å². The van der Waals surface area contributed by atoms with E-state index in [2.05, 4.69) is 12.2 Å². The molecule has 1 saturated heterocycles. The monoisotopic (exact) mass is 211 g/mol. The number of hydrogen-bond donors (Lipinski definition) is 1. The zero-order valence-corrected chi connectivity index (χ0v) is 10.1. The van der Waals surface area contributed by atoms with Crippen molar-refractivity contribution in [1.29, 1.82) is 0 Å². The molecule has 0 radical (unpaired) electrons. The average Bonchev–Trinajstić information content (AvgIpc) is 2.97. The fraction of sp³-hybridized carbons (Fsp3) is 1.00. The Morgan fingerprint density at radius 1 is 1.33 bits per heavy atom. The van der Waals surface area contributed by atoms with Crippen LogP contribution >= 0.6 is 0 Å². The second-order valence-electron chi connectivity index (χ2n) is 5.41. The van der Waals surface area contributed by atoms with Gasteiger partial charge in [0.2, 0.25) is 0 Å². The molecule has 2 fully saturated rings. The molecule has 1 heterocycles. The van der Waals surface area contributed by atoms with Crippen LogP contribution in [0.1, 0.15) is 51.9 Å². The normalized spacial score (nSPS) is 31.0. The molecule has 0 bridgehead atoms. The average molecular weight is 211 g/mol. The van der Waals surface area contributed by atoms with E-state index in [0.29, 0.717) is 5.41 Å². The Morgan fingerprint density at radius 2 is 2.20 bits per heavy atom. The quantitative estimate of drug-likeness (QED) is 0.654. The van der Waals surface area contributed by atoms with E-state index >= 15 is 0 Å². The molecular weight excluding hydrogens is 186 g/mol. The molecule has 0 aromatic rings. The van der Waals surface area contributed by atoms with Gasteiger partial charge in [0.1, 0.15) is 0 Å². The molecule has 2 nitrogen and oxygen atoms in total. The van der Waals surface area contributed by atoms with Gasteiger partial charge >= 0.3 is 0 Å². The van der Waals surface area contributed by atoms with Crippen molar-refractivity contribution in [1.82, 2.24) is 5.32 Å². The fourth-order valence-electron chi connectivity index (χ4n) is 2.47. The lowest BCUT2D eigenvalue weighted by atomic mass is 9.82. The maximum absolute atomic E-state index is 5.60. The van der Waals surface area contributed by atoms with Crippen LogP contribution in [0.4, 0.5) is 0 Å². The Morgan fingerprint density at radius 3 is 2.80 bits per heavy atom. The molecule has 1 aliphatic carbocycles. The molecule has 1 unspecified atom stereocenters. The van der Waals surface area contributed by atoms with Gasteiger partial charge in [-0.1, -0.05) is 26.2 Å². The molecular formula is C13H25NO. The van der Waals surface area contributed by atoms with Gasteiger partial charge in [0.05, 0.1) is 6.61 Å². The lowest BCUT2D eigenvalue weighted by Gasteiger charge is -2.27. The van der Waals surface area contributed by atoms with Crippen LogP contribution in [0.5, 0.6) is 0 Å². The van der Waals surface area contributed by atoms with Crippen molar-refractivity contribution in [2.45, 2.75) is 57.9 Å². The zero-order chi connectivity index (χ0) is 10.6. The summed E-state index contributed by atoms with van der Waals surface area (Å²) in [5, 5.41) is 3.69. The van der Waals surface area contributed by atoms with E-state index in [1.165, 1.54) is 51.5 Å². The molecule has 2 heteroatoms. The van der Waals surface area contributed by atoms with E-state index in [9.17, 15) is 0 Å². The van der Waals surface area contributed by atoms with Gasteiger partial charge in [-0.3, -0.25) is 0 Å². The first kappa shape index (κ1) is 11.4. The third-order valence-corrected chi connectivity index (χ3v) is 3.84. The lowest BCUT2D eigenvalue weighted by Crippen LogP contribution is -2.36. The summed E-state index contributed by atoms with van der Waals surface area (Å²) in [6.07, 6.45) is 9.51. The summed E-state index contributed by atoms with van der Waals surface area (Å²) in [5.74, 6) is 0. The predicted molar refractivity (Wildman–Crippen MR) is 63.0 cm³/mol. The Hall–Kier alpha value is -0.0800. The highest BCUT2D eigenvalue weighted by atomic mass is 16.5. The summed E-state index contributed by atoms with van der Waals surface area (Å²) in [6.45, 7) is 5.45. The predicted octanol–water partition coefficient (Wildman–Crippen LogP) is 2.73. The highest BCUT2D eigenvalue weighted by molar-refractivity contribution is 4.89. The summed E-state index contributed by atoms with van der Waals surface area (Å²) in [7, 11) is 0. The number of unbranched alkanes of at least 4 members (excludes halogenated alkanes) is 2. The summed E-state index contributed by atoms with van der Waals surface area (Å²) >= 11 is 0. The lowest BCUT2D eigenvalue weighted by molar-refractivity contribution is 0.141. The maximum Gasteiger partial charge on any atom is 0.0535 e. The van der Waals surface area contributed by atoms with Crippen LogP contribution in [0.15, 0.2) is 0 Å². The molecule has 0 aromatic carbocycles. The number of hydrogen-bond acceptors (Lipinski definition) is 2. The first-order valence-electron chi connectivity index (χ1n) is 6.66. The molecule has 0 spiro atoms. The largest absolute Gasteiger partial charge is 0.381 e. The summed E-state index contributed by atoms with van der Waals surface area (Å²) in [5.41, 5.74) is 0.484. The summed E-state index contributed by atoms with van der Waals surface area (Å²) in [4.78, 5) is 0. The molecule has 1 aliphatic heterocycles. The van der Waals surface area contributed by atoms with E-state index in [0.717, 1.165) is 19.3 Å². The number of nitrogens with one attached hydrogen (secondary N) is 1. The minimum atomic E-state index is 0.484. The van der Waals surface area contributed by atoms with Crippen molar-refractivity contribution < 1.29 is 4.74 Å². The highest BCUT2D eigenvalue weighted by Crippen LogP contribution is 2.34. The van der Waals surface area contributed by atoms with Crippen molar-refractivity contribution >= 4 is 0 Å². The van der Waals surface area contributed by atoms with Gasteiger partial charge < -0.3 is 10.1 Å². The molecule has 2 rings (SSSR count).